The predicted molar refractivity (Wildman–Crippen MR) is 74.9 cm³/mol. The second-order valence-electron chi connectivity index (χ2n) is 4.52. The van der Waals surface area contributed by atoms with Gasteiger partial charge in [0.1, 0.15) is 5.82 Å². The van der Waals surface area contributed by atoms with Crippen molar-refractivity contribution in [1.29, 1.82) is 0 Å². The molecule has 0 amide bonds. The van der Waals surface area contributed by atoms with Gasteiger partial charge >= 0.3 is 5.97 Å². The molecule has 20 heavy (non-hydrogen) atoms. The maximum atomic E-state index is 13.4. The number of nitrogens with one attached hydrogen (secondary N) is 2. The van der Waals surface area contributed by atoms with Crippen molar-refractivity contribution >= 4 is 17.9 Å². The van der Waals surface area contributed by atoms with Crippen molar-refractivity contribution in [2.45, 2.75) is 19.4 Å². The molecule has 2 N–H and O–H groups in total. The zero-order valence-electron chi connectivity index (χ0n) is 11.4. The Morgan fingerprint density at radius 3 is 3.10 bits per heavy atom. The van der Waals surface area contributed by atoms with E-state index in [1.54, 1.807) is 19.1 Å². The fraction of sp³-hybridized carbons (Fsp3) is 0.429. The maximum absolute atomic E-state index is 13.4. The number of hydrogen-bond acceptors (Lipinski definition) is 5. The lowest BCUT2D eigenvalue weighted by Gasteiger charge is -2.11. The van der Waals surface area contributed by atoms with Crippen LogP contribution in [-0.2, 0) is 9.53 Å². The van der Waals surface area contributed by atoms with E-state index >= 15 is 0 Å². The topological polar surface area (TPSA) is 63.2 Å². The van der Waals surface area contributed by atoms with Crippen molar-refractivity contribution in [1.82, 2.24) is 10.3 Å². The summed E-state index contributed by atoms with van der Waals surface area (Å²) in [6.45, 7) is 3.70. The van der Waals surface area contributed by atoms with Gasteiger partial charge in [-0.1, -0.05) is 0 Å². The number of anilines is 1. The zero-order chi connectivity index (χ0) is 14.4. The van der Waals surface area contributed by atoms with Gasteiger partial charge in [0.25, 0.3) is 0 Å². The molecule has 2 heterocycles. The highest BCUT2D eigenvalue weighted by atomic mass is 19.1. The lowest BCUT2D eigenvalue weighted by molar-refractivity contribution is -0.140. The molecule has 1 atom stereocenters. The molecule has 6 heteroatoms. The molecule has 0 radical (unpaired) electrons. The number of nitrogens with zero attached hydrogens (tertiary/aromatic N) is 1. The summed E-state index contributed by atoms with van der Waals surface area (Å²) in [7, 11) is 0. The SMILES string of the molecule is CCOC(=O)C(F)=Cc1ccc(N[C@@H]2CCNC2)nc1. The minimum Gasteiger partial charge on any atom is -0.461 e. The van der Waals surface area contributed by atoms with E-state index in [1.807, 2.05) is 0 Å². The summed E-state index contributed by atoms with van der Waals surface area (Å²) in [6.07, 6.45) is 3.69. The van der Waals surface area contributed by atoms with Gasteiger partial charge in [0.2, 0.25) is 5.83 Å². The molecule has 1 aromatic rings. The molecule has 0 aliphatic carbocycles. The summed E-state index contributed by atoms with van der Waals surface area (Å²) in [5.74, 6) is -1.13. The number of esters is 1. The largest absolute Gasteiger partial charge is 0.461 e. The number of rotatable bonds is 5. The van der Waals surface area contributed by atoms with Crippen LogP contribution < -0.4 is 10.6 Å². The van der Waals surface area contributed by atoms with E-state index in [0.29, 0.717) is 11.6 Å². The Balaban J connectivity index is 1.96. The molecule has 1 aromatic heterocycles. The summed E-state index contributed by atoms with van der Waals surface area (Å²) in [6, 6.07) is 3.85. The fourth-order valence-electron chi connectivity index (χ4n) is 1.97. The molecule has 108 valence electrons. The van der Waals surface area contributed by atoms with Crippen molar-refractivity contribution in [3.63, 3.8) is 0 Å². The summed E-state index contributed by atoms with van der Waals surface area (Å²) >= 11 is 0. The van der Waals surface area contributed by atoms with Gasteiger partial charge in [0.15, 0.2) is 0 Å². The number of carbonyl (C=O) groups excluding carboxylic acids is 1. The minimum absolute atomic E-state index is 0.149. The first-order chi connectivity index (χ1) is 9.69. The van der Waals surface area contributed by atoms with Crippen LogP contribution in [0.15, 0.2) is 24.2 Å². The van der Waals surface area contributed by atoms with E-state index in [-0.39, 0.29) is 6.61 Å². The first kappa shape index (κ1) is 14.5. The summed E-state index contributed by atoms with van der Waals surface area (Å²) < 4.78 is 18.0. The van der Waals surface area contributed by atoms with Crippen molar-refractivity contribution in [2.24, 2.45) is 0 Å². The van der Waals surface area contributed by atoms with E-state index in [0.717, 1.165) is 31.4 Å². The van der Waals surface area contributed by atoms with Crippen molar-refractivity contribution in [3.05, 3.63) is 29.7 Å². The molecule has 2 rings (SSSR count). The Bertz CT molecular complexity index is 482. The van der Waals surface area contributed by atoms with Gasteiger partial charge in [0, 0.05) is 18.8 Å². The van der Waals surface area contributed by atoms with Gasteiger partial charge in [-0.25, -0.2) is 9.78 Å². The van der Waals surface area contributed by atoms with Gasteiger partial charge in [-0.3, -0.25) is 0 Å². The number of halogens is 1. The monoisotopic (exact) mass is 279 g/mol. The second kappa shape index (κ2) is 7.00. The summed E-state index contributed by atoms with van der Waals surface area (Å²) in [4.78, 5) is 15.3. The average molecular weight is 279 g/mol. The third kappa shape index (κ3) is 4.03. The third-order valence-corrected chi connectivity index (χ3v) is 2.96. The van der Waals surface area contributed by atoms with Crippen LogP contribution in [0.1, 0.15) is 18.9 Å². The summed E-state index contributed by atoms with van der Waals surface area (Å²) in [5.41, 5.74) is 0.519. The van der Waals surface area contributed by atoms with Crippen LogP contribution in [0.3, 0.4) is 0 Å². The third-order valence-electron chi connectivity index (χ3n) is 2.96. The number of hydrogen-bond donors (Lipinski definition) is 2. The number of ether oxygens (including phenoxy) is 1. The van der Waals surface area contributed by atoms with Crippen molar-refractivity contribution in [3.8, 4) is 0 Å². The van der Waals surface area contributed by atoms with Crippen LogP contribution in [0.2, 0.25) is 0 Å². The van der Waals surface area contributed by atoms with E-state index < -0.39 is 11.8 Å². The Morgan fingerprint density at radius 2 is 2.50 bits per heavy atom. The zero-order valence-corrected chi connectivity index (χ0v) is 11.4. The molecular weight excluding hydrogens is 261 g/mol. The van der Waals surface area contributed by atoms with Crippen LogP contribution in [0.25, 0.3) is 6.08 Å². The molecule has 1 aliphatic heterocycles. The van der Waals surface area contributed by atoms with Crippen molar-refractivity contribution in [2.75, 3.05) is 25.0 Å². The molecular formula is C14H18FN3O2. The Hall–Kier alpha value is -1.95. The Labute approximate surface area is 117 Å². The van der Waals surface area contributed by atoms with Crippen LogP contribution in [0.4, 0.5) is 10.2 Å². The van der Waals surface area contributed by atoms with Gasteiger partial charge in [0.05, 0.1) is 6.61 Å². The van der Waals surface area contributed by atoms with Crippen LogP contribution >= 0.6 is 0 Å². The molecule has 1 aliphatic rings. The average Bonchev–Trinajstić information content (AvgIpc) is 2.94. The van der Waals surface area contributed by atoms with E-state index in [2.05, 4.69) is 20.4 Å². The second-order valence-corrected chi connectivity index (χ2v) is 4.52. The molecule has 1 fully saturated rings. The minimum atomic E-state index is -0.952. The molecule has 5 nitrogen and oxygen atoms in total. The number of carbonyl (C=O) groups is 1. The Kier molecular flexibility index (Phi) is 5.06. The molecule has 0 aromatic carbocycles. The smallest absolute Gasteiger partial charge is 0.367 e. The van der Waals surface area contributed by atoms with Crippen LogP contribution in [0, 0.1) is 0 Å². The molecule has 0 unspecified atom stereocenters. The Morgan fingerprint density at radius 1 is 1.65 bits per heavy atom. The van der Waals surface area contributed by atoms with Crippen molar-refractivity contribution < 1.29 is 13.9 Å². The predicted octanol–water partition coefficient (Wildman–Crippen LogP) is 1.73. The highest BCUT2D eigenvalue weighted by Gasteiger charge is 2.14. The first-order valence-corrected chi connectivity index (χ1v) is 6.66. The fourth-order valence-corrected chi connectivity index (χ4v) is 1.97. The molecule has 0 bridgehead atoms. The van der Waals surface area contributed by atoms with Gasteiger partial charge in [-0.15, -0.1) is 0 Å². The number of pyridine rings is 1. The first-order valence-electron chi connectivity index (χ1n) is 6.66. The standard InChI is InChI=1S/C14H18FN3O2/c1-2-20-14(19)12(15)7-10-3-4-13(17-8-10)18-11-5-6-16-9-11/h3-4,7-8,11,16H,2,5-6,9H2,1H3,(H,17,18)/t11-/m1/s1. The van der Waals surface area contributed by atoms with Crippen LogP contribution in [-0.4, -0.2) is 36.7 Å². The van der Waals surface area contributed by atoms with Gasteiger partial charge in [-0.2, -0.15) is 4.39 Å². The van der Waals surface area contributed by atoms with E-state index in [1.165, 1.54) is 6.20 Å². The van der Waals surface area contributed by atoms with Gasteiger partial charge in [-0.05, 0) is 43.7 Å². The lowest BCUT2D eigenvalue weighted by Crippen LogP contribution is -2.22. The van der Waals surface area contributed by atoms with E-state index in [9.17, 15) is 9.18 Å². The summed E-state index contributed by atoms with van der Waals surface area (Å²) in [5, 5.41) is 6.54. The number of aromatic nitrogens is 1. The molecule has 0 saturated carbocycles. The molecule has 1 saturated heterocycles. The van der Waals surface area contributed by atoms with Gasteiger partial charge < -0.3 is 15.4 Å². The molecule has 0 spiro atoms. The highest BCUT2D eigenvalue weighted by Crippen LogP contribution is 2.13. The normalized spacial score (nSPS) is 18.9. The van der Waals surface area contributed by atoms with Crippen LogP contribution in [0.5, 0.6) is 0 Å². The quantitative estimate of drug-likeness (QED) is 0.635. The lowest BCUT2D eigenvalue weighted by atomic mass is 10.2. The highest BCUT2D eigenvalue weighted by molar-refractivity contribution is 5.91. The van der Waals surface area contributed by atoms with E-state index in [4.69, 9.17) is 0 Å². The maximum Gasteiger partial charge on any atom is 0.367 e.